The smallest absolute Gasteiger partial charge is 0.244 e. The number of hydrogen-bond donors (Lipinski definition) is 1. The van der Waals surface area contributed by atoms with Crippen LogP contribution >= 0.6 is 27.3 Å². The third-order valence-corrected chi connectivity index (χ3v) is 6.37. The summed E-state index contributed by atoms with van der Waals surface area (Å²) in [7, 11) is -0.178. The van der Waals surface area contributed by atoms with E-state index in [1.807, 2.05) is 18.5 Å². The molecule has 0 saturated heterocycles. The number of benzene rings is 1. The fraction of sp³-hybridized carbons (Fsp3) is 0.308. The van der Waals surface area contributed by atoms with Crippen LogP contribution in [-0.2, 0) is 23.1 Å². The Morgan fingerprint density at radius 3 is 2.81 bits per heavy atom. The lowest BCUT2D eigenvalue weighted by Crippen LogP contribution is -2.27. The van der Waals surface area contributed by atoms with Gasteiger partial charge in [-0.3, -0.25) is 0 Å². The molecule has 0 aliphatic rings. The van der Waals surface area contributed by atoms with E-state index < -0.39 is 10.0 Å². The highest BCUT2D eigenvalue weighted by molar-refractivity contribution is 9.10. The summed E-state index contributed by atoms with van der Waals surface area (Å²) in [5, 5.41) is 4.86. The summed E-state index contributed by atoms with van der Waals surface area (Å²) in [5.74, 6) is 0. The second-order valence-corrected chi connectivity index (χ2v) is 8.12. The molecule has 0 bridgehead atoms. The van der Waals surface area contributed by atoms with Crippen LogP contribution in [0, 0.1) is 0 Å². The number of hydrogen-bond acceptors (Lipinski definition) is 5. The molecule has 1 aromatic carbocycles. The maximum atomic E-state index is 12.7. The maximum absolute atomic E-state index is 12.7. The molecule has 0 atom stereocenters. The van der Waals surface area contributed by atoms with Crippen molar-refractivity contribution < 1.29 is 8.42 Å². The molecule has 2 aromatic rings. The molecule has 0 fully saturated rings. The van der Waals surface area contributed by atoms with Crippen LogP contribution in [0.4, 0.5) is 0 Å². The largest absolute Gasteiger partial charge is 0.316 e. The van der Waals surface area contributed by atoms with E-state index in [2.05, 4.69) is 26.2 Å². The number of halogens is 1. The number of aromatic nitrogens is 1. The van der Waals surface area contributed by atoms with E-state index in [0.717, 1.165) is 11.3 Å². The molecular formula is C13H16BrN3O2S2. The molecule has 2 rings (SSSR count). The van der Waals surface area contributed by atoms with Crippen LogP contribution in [0.1, 0.15) is 11.3 Å². The first-order valence-corrected chi connectivity index (χ1v) is 9.39. The van der Waals surface area contributed by atoms with Crippen molar-refractivity contribution >= 4 is 37.3 Å². The third kappa shape index (κ3) is 3.89. The van der Waals surface area contributed by atoms with Crippen molar-refractivity contribution in [2.24, 2.45) is 0 Å². The lowest BCUT2D eigenvalue weighted by Gasteiger charge is -2.17. The van der Waals surface area contributed by atoms with Gasteiger partial charge in [-0.1, -0.05) is 6.07 Å². The van der Waals surface area contributed by atoms with Crippen molar-refractivity contribution in [3.05, 3.63) is 44.8 Å². The summed E-state index contributed by atoms with van der Waals surface area (Å²) >= 11 is 4.77. The summed E-state index contributed by atoms with van der Waals surface area (Å²) in [6.45, 7) is 0.875. The number of thiazole rings is 1. The van der Waals surface area contributed by atoms with Gasteiger partial charge in [-0.2, -0.15) is 4.31 Å². The van der Waals surface area contributed by atoms with E-state index in [1.54, 1.807) is 24.7 Å². The number of rotatable bonds is 6. The van der Waals surface area contributed by atoms with Crippen molar-refractivity contribution in [3.8, 4) is 0 Å². The van der Waals surface area contributed by atoms with Crippen LogP contribution in [0.2, 0.25) is 0 Å². The van der Waals surface area contributed by atoms with Crippen molar-refractivity contribution in [1.82, 2.24) is 14.6 Å². The third-order valence-electron chi connectivity index (χ3n) is 2.93. The van der Waals surface area contributed by atoms with Crippen molar-refractivity contribution in [1.29, 1.82) is 0 Å². The first kappa shape index (κ1) is 16.6. The molecule has 0 aliphatic heterocycles. The predicted molar refractivity (Wildman–Crippen MR) is 87.7 cm³/mol. The van der Waals surface area contributed by atoms with Gasteiger partial charge in [0.1, 0.15) is 0 Å². The van der Waals surface area contributed by atoms with Crippen LogP contribution in [0.5, 0.6) is 0 Å². The van der Waals surface area contributed by atoms with Crippen LogP contribution in [0.15, 0.2) is 38.5 Å². The second-order valence-electron chi connectivity index (χ2n) is 4.54. The topological polar surface area (TPSA) is 62.3 Å². The zero-order chi connectivity index (χ0) is 15.5. The van der Waals surface area contributed by atoms with Gasteiger partial charge in [0, 0.05) is 23.4 Å². The summed E-state index contributed by atoms with van der Waals surface area (Å²) in [5.41, 5.74) is 3.36. The summed E-state index contributed by atoms with van der Waals surface area (Å²) in [6, 6.07) is 5.34. The number of nitrogens with zero attached hydrogens (tertiary/aromatic N) is 2. The Kier molecular flexibility index (Phi) is 5.50. The Labute approximate surface area is 137 Å². The lowest BCUT2D eigenvalue weighted by molar-refractivity contribution is 0.462. The van der Waals surface area contributed by atoms with Gasteiger partial charge < -0.3 is 5.32 Å². The monoisotopic (exact) mass is 389 g/mol. The summed E-state index contributed by atoms with van der Waals surface area (Å²) in [4.78, 5) is 4.39. The molecule has 0 unspecified atom stereocenters. The first-order valence-electron chi connectivity index (χ1n) is 6.21. The number of sulfonamides is 1. The zero-order valence-corrected chi connectivity index (χ0v) is 14.9. The van der Waals surface area contributed by atoms with E-state index in [0.29, 0.717) is 11.0 Å². The highest BCUT2D eigenvalue weighted by Gasteiger charge is 2.24. The van der Waals surface area contributed by atoms with Gasteiger partial charge in [0.2, 0.25) is 10.0 Å². The van der Waals surface area contributed by atoms with E-state index in [-0.39, 0.29) is 11.4 Å². The molecule has 0 aliphatic carbocycles. The van der Waals surface area contributed by atoms with Crippen LogP contribution in [-0.4, -0.2) is 31.8 Å². The standard InChI is InChI=1S/C13H16BrN3O2S2/c1-15-6-10-3-4-12(14)13(5-10)21(18,19)17(2)7-11-8-20-9-16-11/h3-5,8-9,15H,6-7H2,1-2H3. The van der Waals surface area contributed by atoms with Gasteiger partial charge in [0.05, 0.1) is 22.6 Å². The van der Waals surface area contributed by atoms with Gasteiger partial charge in [0.15, 0.2) is 0 Å². The van der Waals surface area contributed by atoms with E-state index in [9.17, 15) is 8.42 Å². The minimum Gasteiger partial charge on any atom is -0.316 e. The molecule has 0 spiro atoms. The normalized spacial score (nSPS) is 12.0. The molecule has 1 N–H and O–H groups in total. The molecule has 114 valence electrons. The molecule has 21 heavy (non-hydrogen) atoms. The van der Waals surface area contributed by atoms with Crippen molar-refractivity contribution in [2.45, 2.75) is 18.0 Å². The Balaban J connectivity index is 2.31. The quantitative estimate of drug-likeness (QED) is 0.823. The minimum absolute atomic E-state index is 0.258. The zero-order valence-electron chi connectivity index (χ0n) is 11.7. The van der Waals surface area contributed by atoms with E-state index in [4.69, 9.17) is 0 Å². The molecule has 5 nitrogen and oxygen atoms in total. The van der Waals surface area contributed by atoms with Crippen LogP contribution in [0.3, 0.4) is 0 Å². The summed E-state index contributed by atoms with van der Waals surface area (Å²) in [6.07, 6.45) is 0. The SMILES string of the molecule is CNCc1ccc(Br)c(S(=O)(=O)N(C)Cc2cscn2)c1. The highest BCUT2D eigenvalue weighted by Crippen LogP contribution is 2.26. The molecule has 0 saturated carbocycles. The van der Waals surface area contributed by atoms with Gasteiger partial charge in [-0.05, 0) is 40.7 Å². The Bertz CT molecular complexity index is 702. The Morgan fingerprint density at radius 1 is 1.43 bits per heavy atom. The molecule has 1 aromatic heterocycles. The van der Waals surface area contributed by atoms with Crippen molar-refractivity contribution in [3.63, 3.8) is 0 Å². The molecule has 8 heteroatoms. The second kappa shape index (κ2) is 6.97. The molecule has 0 amide bonds. The molecule has 1 heterocycles. The average molecular weight is 390 g/mol. The van der Waals surface area contributed by atoms with Gasteiger partial charge in [-0.15, -0.1) is 11.3 Å². The molecular weight excluding hydrogens is 374 g/mol. The summed E-state index contributed by atoms with van der Waals surface area (Å²) < 4.78 is 27.2. The lowest BCUT2D eigenvalue weighted by atomic mass is 10.2. The van der Waals surface area contributed by atoms with Gasteiger partial charge >= 0.3 is 0 Å². The van der Waals surface area contributed by atoms with E-state index >= 15 is 0 Å². The van der Waals surface area contributed by atoms with Gasteiger partial charge in [0.25, 0.3) is 0 Å². The fourth-order valence-corrected chi connectivity index (χ4v) is 4.52. The van der Waals surface area contributed by atoms with Crippen LogP contribution < -0.4 is 5.32 Å². The van der Waals surface area contributed by atoms with Crippen LogP contribution in [0.25, 0.3) is 0 Å². The first-order chi connectivity index (χ1) is 9.95. The minimum atomic E-state index is -3.56. The van der Waals surface area contributed by atoms with E-state index in [1.165, 1.54) is 15.6 Å². The predicted octanol–water partition coefficient (Wildman–Crippen LogP) is 2.45. The number of nitrogens with one attached hydrogen (secondary N) is 1. The maximum Gasteiger partial charge on any atom is 0.244 e. The Morgan fingerprint density at radius 2 is 2.19 bits per heavy atom. The molecule has 0 radical (unpaired) electrons. The Hall–Kier alpha value is -0.800. The van der Waals surface area contributed by atoms with Crippen molar-refractivity contribution in [2.75, 3.05) is 14.1 Å². The highest BCUT2D eigenvalue weighted by atomic mass is 79.9. The average Bonchev–Trinajstić information content (AvgIpc) is 2.94. The van der Waals surface area contributed by atoms with Gasteiger partial charge in [-0.25, -0.2) is 13.4 Å². The fourth-order valence-electron chi connectivity index (χ4n) is 1.86.